The van der Waals surface area contributed by atoms with Gasteiger partial charge in [0.05, 0.1) is 9.37 Å². The van der Waals surface area contributed by atoms with E-state index in [2.05, 4.69) is 53.2 Å². The van der Waals surface area contributed by atoms with Crippen LogP contribution < -0.4 is 4.72 Å². The average Bonchev–Trinajstić information content (AvgIpc) is 2.36. The standard InChI is InChI=1S/C14H22BrFN2O2S/c1-10(2)18(11(3)4)8-7-17-21(19,20)12-5-6-13(15)14(16)9-12/h5-6,9-11,17H,7-8H2,1-4H3. The van der Waals surface area contributed by atoms with Crippen LogP contribution in [0.1, 0.15) is 27.7 Å². The monoisotopic (exact) mass is 380 g/mol. The Morgan fingerprint density at radius 3 is 2.29 bits per heavy atom. The Labute approximate surface area is 134 Å². The summed E-state index contributed by atoms with van der Waals surface area (Å²) in [6, 6.07) is 4.44. The molecule has 0 spiro atoms. The molecule has 4 nitrogen and oxygen atoms in total. The Bertz CT molecular complexity index is 568. The van der Waals surface area contributed by atoms with Gasteiger partial charge in [-0.15, -0.1) is 0 Å². The molecule has 0 amide bonds. The van der Waals surface area contributed by atoms with E-state index in [4.69, 9.17) is 0 Å². The van der Waals surface area contributed by atoms with Crippen molar-refractivity contribution in [2.45, 2.75) is 44.7 Å². The van der Waals surface area contributed by atoms with Crippen molar-refractivity contribution in [2.75, 3.05) is 13.1 Å². The maximum atomic E-state index is 13.4. The van der Waals surface area contributed by atoms with Gasteiger partial charge in [-0.3, -0.25) is 4.90 Å². The number of rotatable bonds is 7. The smallest absolute Gasteiger partial charge is 0.240 e. The maximum absolute atomic E-state index is 13.4. The molecule has 7 heteroatoms. The summed E-state index contributed by atoms with van der Waals surface area (Å²) in [5.74, 6) is -0.594. The van der Waals surface area contributed by atoms with Gasteiger partial charge in [-0.25, -0.2) is 17.5 Å². The fourth-order valence-electron chi connectivity index (χ4n) is 2.15. The summed E-state index contributed by atoms with van der Waals surface area (Å²) in [7, 11) is -3.68. The summed E-state index contributed by atoms with van der Waals surface area (Å²) in [5, 5.41) is 0. The zero-order valence-electron chi connectivity index (χ0n) is 12.7. The number of nitrogens with one attached hydrogen (secondary N) is 1. The van der Waals surface area contributed by atoms with E-state index in [-0.39, 0.29) is 15.9 Å². The van der Waals surface area contributed by atoms with E-state index in [1.54, 1.807) is 0 Å². The molecule has 1 N–H and O–H groups in total. The third kappa shape index (κ3) is 5.32. The molecule has 0 saturated carbocycles. The summed E-state index contributed by atoms with van der Waals surface area (Å²) in [6.45, 7) is 9.17. The Balaban J connectivity index is 2.71. The Hall–Kier alpha value is -0.500. The minimum Gasteiger partial charge on any atom is -0.297 e. The van der Waals surface area contributed by atoms with Crippen molar-refractivity contribution in [1.29, 1.82) is 0 Å². The largest absolute Gasteiger partial charge is 0.297 e. The molecular weight excluding hydrogens is 359 g/mol. The van der Waals surface area contributed by atoms with Crippen molar-refractivity contribution >= 4 is 26.0 Å². The lowest BCUT2D eigenvalue weighted by molar-refractivity contribution is 0.179. The van der Waals surface area contributed by atoms with Crippen LogP contribution in [0.15, 0.2) is 27.6 Å². The topological polar surface area (TPSA) is 49.4 Å². The summed E-state index contributed by atoms with van der Waals surface area (Å²) in [4.78, 5) is 2.12. The van der Waals surface area contributed by atoms with Crippen LogP contribution in [-0.2, 0) is 10.0 Å². The van der Waals surface area contributed by atoms with Crippen LogP contribution in [0.4, 0.5) is 4.39 Å². The van der Waals surface area contributed by atoms with Gasteiger partial charge in [0.2, 0.25) is 10.0 Å². The van der Waals surface area contributed by atoms with Gasteiger partial charge in [0.1, 0.15) is 5.82 Å². The lowest BCUT2D eigenvalue weighted by Crippen LogP contribution is -2.42. The Kier molecular flexibility index (Phi) is 6.77. The highest BCUT2D eigenvalue weighted by molar-refractivity contribution is 9.10. The number of hydrogen-bond acceptors (Lipinski definition) is 3. The Morgan fingerprint density at radius 2 is 1.81 bits per heavy atom. The van der Waals surface area contributed by atoms with Crippen LogP contribution in [0.25, 0.3) is 0 Å². The molecule has 1 aromatic carbocycles. The lowest BCUT2D eigenvalue weighted by Gasteiger charge is -2.30. The normalized spacial score (nSPS) is 12.6. The number of hydrogen-bond donors (Lipinski definition) is 1. The van der Waals surface area contributed by atoms with Crippen molar-refractivity contribution in [2.24, 2.45) is 0 Å². The van der Waals surface area contributed by atoms with Gasteiger partial charge in [0, 0.05) is 25.2 Å². The van der Waals surface area contributed by atoms with Crippen LogP contribution in [0.5, 0.6) is 0 Å². The molecule has 1 aromatic rings. The highest BCUT2D eigenvalue weighted by Gasteiger charge is 2.18. The second kappa shape index (κ2) is 7.67. The molecule has 0 aromatic heterocycles. The first-order valence-electron chi connectivity index (χ1n) is 6.85. The zero-order chi connectivity index (χ0) is 16.2. The molecule has 0 aliphatic carbocycles. The van der Waals surface area contributed by atoms with Crippen LogP contribution in [0, 0.1) is 5.82 Å². The fraction of sp³-hybridized carbons (Fsp3) is 0.571. The summed E-state index contributed by atoms with van der Waals surface area (Å²) >= 11 is 3.00. The molecule has 0 aliphatic rings. The number of benzene rings is 1. The van der Waals surface area contributed by atoms with Crippen molar-refractivity contribution in [3.05, 3.63) is 28.5 Å². The fourth-order valence-corrected chi connectivity index (χ4v) is 3.43. The highest BCUT2D eigenvalue weighted by atomic mass is 79.9. The maximum Gasteiger partial charge on any atom is 0.240 e. The van der Waals surface area contributed by atoms with E-state index < -0.39 is 15.8 Å². The van der Waals surface area contributed by atoms with Gasteiger partial charge >= 0.3 is 0 Å². The van der Waals surface area contributed by atoms with Crippen LogP contribution >= 0.6 is 15.9 Å². The lowest BCUT2D eigenvalue weighted by atomic mass is 10.2. The zero-order valence-corrected chi connectivity index (χ0v) is 15.1. The van der Waals surface area contributed by atoms with Crippen LogP contribution in [0.2, 0.25) is 0 Å². The third-order valence-corrected chi connectivity index (χ3v) is 5.29. The molecule has 1 rings (SSSR count). The average molecular weight is 381 g/mol. The third-order valence-electron chi connectivity index (χ3n) is 3.19. The molecular formula is C14H22BrFN2O2S. The molecule has 0 unspecified atom stereocenters. The van der Waals surface area contributed by atoms with Crippen molar-refractivity contribution in [3.63, 3.8) is 0 Å². The van der Waals surface area contributed by atoms with Crippen LogP contribution in [-0.4, -0.2) is 38.5 Å². The van der Waals surface area contributed by atoms with Crippen molar-refractivity contribution < 1.29 is 12.8 Å². The van der Waals surface area contributed by atoms with Gasteiger partial charge in [-0.2, -0.15) is 0 Å². The highest BCUT2D eigenvalue weighted by Crippen LogP contribution is 2.19. The molecule has 0 aliphatic heterocycles. The number of halogens is 2. The van der Waals surface area contributed by atoms with E-state index in [0.29, 0.717) is 18.6 Å². The minimum atomic E-state index is -3.68. The van der Waals surface area contributed by atoms with Crippen molar-refractivity contribution in [3.8, 4) is 0 Å². The van der Waals surface area contributed by atoms with Gasteiger partial charge < -0.3 is 0 Å². The van der Waals surface area contributed by atoms with Gasteiger partial charge in [0.15, 0.2) is 0 Å². The van der Waals surface area contributed by atoms with Gasteiger partial charge in [-0.1, -0.05) is 0 Å². The predicted molar refractivity (Wildman–Crippen MR) is 86.3 cm³/mol. The minimum absolute atomic E-state index is 0.0659. The van der Waals surface area contributed by atoms with E-state index >= 15 is 0 Å². The van der Waals surface area contributed by atoms with E-state index in [0.717, 1.165) is 6.07 Å². The SMILES string of the molecule is CC(C)N(CCNS(=O)(=O)c1ccc(Br)c(F)c1)C(C)C. The predicted octanol–water partition coefficient (Wildman–Crippen LogP) is 2.99. The first kappa shape index (κ1) is 18.5. The Morgan fingerprint density at radius 1 is 1.24 bits per heavy atom. The molecule has 0 fully saturated rings. The first-order valence-corrected chi connectivity index (χ1v) is 9.13. The second-order valence-corrected chi connectivity index (χ2v) is 8.02. The number of sulfonamides is 1. The second-order valence-electron chi connectivity index (χ2n) is 5.40. The van der Waals surface area contributed by atoms with E-state index in [9.17, 15) is 12.8 Å². The summed E-state index contributed by atoms with van der Waals surface area (Å²) in [5.41, 5.74) is 0. The van der Waals surface area contributed by atoms with Gasteiger partial charge in [-0.05, 0) is 61.8 Å². The first-order chi connectivity index (χ1) is 9.65. The number of nitrogens with zero attached hydrogens (tertiary/aromatic N) is 1. The summed E-state index contributed by atoms with van der Waals surface area (Å²) < 4.78 is 40.4. The molecule has 0 bridgehead atoms. The van der Waals surface area contributed by atoms with Crippen LogP contribution in [0.3, 0.4) is 0 Å². The molecule has 0 radical (unpaired) electrons. The van der Waals surface area contributed by atoms with E-state index in [1.807, 2.05) is 0 Å². The molecule has 0 saturated heterocycles. The molecule has 21 heavy (non-hydrogen) atoms. The van der Waals surface area contributed by atoms with Gasteiger partial charge in [0.25, 0.3) is 0 Å². The quantitative estimate of drug-likeness (QED) is 0.790. The molecule has 120 valence electrons. The summed E-state index contributed by atoms with van der Waals surface area (Å²) in [6.07, 6.45) is 0. The molecule has 0 atom stereocenters. The van der Waals surface area contributed by atoms with E-state index in [1.165, 1.54) is 12.1 Å². The van der Waals surface area contributed by atoms with Crippen molar-refractivity contribution in [1.82, 2.24) is 9.62 Å². The molecule has 0 heterocycles.